The van der Waals surface area contributed by atoms with Gasteiger partial charge in [-0.05, 0) is 71.8 Å². The summed E-state index contributed by atoms with van der Waals surface area (Å²) >= 11 is 9.69. The van der Waals surface area contributed by atoms with Crippen molar-refractivity contribution in [1.29, 1.82) is 0 Å². The average Bonchev–Trinajstić information content (AvgIpc) is 2.75. The van der Waals surface area contributed by atoms with Gasteiger partial charge in [-0.2, -0.15) is 0 Å². The monoisotopic (exact) mass is 470 g/mol. The van der Waals surface area contributed by atoms with Crippen LogP contribution < -0.4 is 15.4 Å². The number of ether oxygens (including phenoxy) is 1. The molecule has 0 radical (unpaired) electrons. The first-order chi connectivity index (χ1) is 14.0. The molecule has 0 saturated carbocycles. The molecule has 0 spiro atoms. The summed E-state index contributed by atoms with van der Waals surface area (Å²) in [5.74, 6) is 1.01. The van der Waals surface area contributed by atoms with E-state index in [9.17, 15) is 5.11 Å². The van der Waals surface area contributed by atoms with Gasteiger partial charge >= 0.3 is 0 Å². The molecule has 2 atom stereocenters. The zero-order valence-corrected chi connectivity index (χ0v) is 18.0. The summed E-state index contributed by atoms with van der Waals surface area (Å²) < 4.78 is 6.29. The van der Waals surface area contributed by atoms with E-state index in [0.29, 0.717) is 5.02 Å². The Morgan fingerprint density at radius 1 is 1.00 bits per heavy atom. The molecular formula is C23H20BrClN2O2. The Morgan fingerprint density at radius 3 is 2.41 bits per heavy atom. The maximum atomic E-state index is 10.4. The molecule has 0 amide bonds. The lowest BCUT2D eigenvalue weighted by molar-refractivity contribution is 0.414. The van der Waals surface area contributed by atoms with Gasteiger partial charge in [-0.15, -0.1) is 0 Å². The number of methoxy groups -OCH3 is 1. The van der Waals surface area contributed by atoms with E-state index >= 15 is 0 Å². The predicted molar refractivity (Wildman–Crippen MR) is 120 cm³/mol. The number of aromatic hydroxyl groups is 1. The second-order valence-corrected chi connectivity index (χ2v) is 8.14. The molecule has 0 aliphatic carbocycles. The van der Waals surface area contributed by atoms with Crippen LogP contribution in [0.3, 0.4) is 0 Å². The zero-order chi connectivity index (χ0) is 20.4. The van der Waals surface area contributed by atoms with Crippen LogP contribution in [0.2, 0.25) is 5.02 Å². The highest BCUT2D eigenvalue weighted by molar-refractivity contribution is 9.10. The van der Waals surface area contributed by atoms with Crippen LogP contribution in [0.25, 0.3) is 5.70 Å². The first-order valence-corrected chi connectivity index (χ1v) is 10.3. The number of phenolic OH excluding ortho intramolecular Hbond substituents is 1. The van der Waals surface area contributed by atoms with Crippen molar-refractivity contribution >= 4 is 33.2 Å². The Kier molecular flexibility index (Phi) is 5.81. The Morgan fingerprint density at radius 2 is 1.72 bits per heavy atom. The average molecular weight is 472 g/mol. The van der Waals surface area contributed by atoms with E-state index in [-0.39, 0.29) is 18.0 Å². The summed E-state index contributed by atoms with van der Waals surface area (Å²) in [6.45, 7) is 0. The van der Waals surface area contributed by atoms with Crippen LogP contribution in [0.1, 0.15) is 28.9 Å². The minimum absolute atomic E-state index is 0.145. The Labute approximate surface area is 183 Å². The normalized spacial score (nSPS) is 18.7. The standard InChI is InChI=1S/C23H20BrClN2O2/c1-29-18-9-4-14(5-10-18)20-13-21(19-12-17(25)8-11-22(19)28)27-23(26-20)15-2-6-16(24)7-3-15/h2-13,21,23,26-28H,1H3. The minimum Gasteiger partial charge on any atom is -0.508 e. The smallest absolute Gasteiger partial charge is 0.120 e. The maximum absolute atomic E-state index is 10.4. The van der Waals surface area contributed by atoms with Gasteiger partial charge in [0.25, 0.3) is 0 Å². The van der Waals surface area contributed by atoms with E-state index < -0.39 is 0 Å². The van der Waals surface area contributed by atoms with Gasteiger partial charge in [0.15, 0.2) is 0 Å². The van der Waals surface area contributed by atoms with Crippen molar-refractivity contribution in [2.75, 3.05) is 7.11 Å². The van der Waals surface area contributed by atoms with Crippen molar-refractivity contribution in [3.8, 4) is 11.5 Å². The summed E-state index contributed by atoms with van der Waals surface area (Å²) in [6.07, 6.45) is 1.91. The fourth-order valence-electron chi connectivity index (χ4n) is 3.38. The highest BCUT2D eigenvalue weighted by Gasteiger charge is 2.25. The van der Waals surface area contributed by atoms with Gasteiger partial charge in [-0.1, -0.05) is 39.7 Å². The van der Waals surface area contributed by atoms with Crippen LogP contribution in [-0.4, -0.2) is 12.2 Å². The van der Waals surface area contributed by atoms with Crippen LogP contribution >= 0.6 is 27.5 Å². The molecule has 4 nitrogen and oxygen atoms in total. The third-order valence-electron chi connectivity index (χ3n) is 4.91. The molecule has 148 valence electrons. The maximum Gasteiger partial charge on any atom is 0.120 e. The molecule has 3 aromatic rings. The van der Waals surface area contributed by atoms with E-state index in [4.69, 9.17) is 16.3 Å². The molecule has 3 N–H and O–H groups in total. The summed E-state index contributed by atoms with van der Waals surface area (Å²) in [5.41, 5.74) is 3.80. The molecule has 2 unspecified atom stereocenters. The lowest BCUT2D eigenvalue weighted by Crippen LogP contribution is -2.39. The molecule has 1 aliphatic rings. The van der Waals surface area contributed by atoms with Crippen LogP contribution in [0, 0.1) is 0 Å². The van der Waals surface area contributed by atoms with Crippen molar-refractivity contribution < 1.29 is 9.84 Å². The van der Waals surface area contributed by atoms with Crippen LogP contribution in [0.5, 0.6) is 11.5 Å². The van der Waals surface area contributed by atoms with Gasteiger partial charge in [0.2, 0.25) is 0 Å². The molecule has 29 heavy (non-hydrogen) atoms. The summed E-state index contributed by atoms with van der Waals surface area (Å²) in [5, 5.41) is 18.1. The van der Waals surface area contributed by atoms with Crippen molar-refractivity contribution in [3.63, 3.8) is 0 Å². The van der Waals surface area contributed by atoms with E-state index in [1.807, 2.05) is 36.4 Å². The number of rotatable bonds is 4. The molecular weight excluding hydrogens is 452 g/mol. The highest BCUT2D eigenvalue weighted by Crippen LogP contribution is 2.35. The molecule has 1 heterocycles. The number of phenols is 1. The SMILES string of the molecule is COc1ccc(C2=CC(c3cc(Cl)ccc3O)NC(c3ccc(Br)cc3)N2)cc1. The van der Waals surface area contributed by atoms with Gasteiger partial charge in [0, 0.05) is 20.8 Å². The number of halogens is 2. The number of hydrogen-bond donors (Lipinski definition) is 3. The molecule has 1 aliphatic heterocycles. The number of benzene rings is 3. The predicted octanol–water partition coefficient (Wildman–Crippen LogP) is 5.79. The zero-order valence-electron chi connectivity index (χ0n) is 15.7. The van der Waals surface area contributed by atoms with Crippen molar-refractivity contribution in [3.05, 3.63) is 99.0 Å². The summed E-state index contributed by atoms with van der Waals surface area (Å²) in [6, 6.07) is 20.9. The number of hydrogen-bond acceptors (Lipinski definition) is 4. The molecule has 0 aromatic heterocycles. The van der Waals surface area contributed by atoms with E-state index in [1.54, 1.807) is 25.3 Å². The van der Waals surface area contributed by atoms with Crippen LogP contribution in [-0.2, 0) is 0 Å². The summed E-state index contributed by atoms with van der Waals surface area (Å²) in [4.78, 5) is 0. The van der Waals surface area contributed by atoms with Gasteiger partial charge < -0.3 is 15.2 Å². The van der Waals surface area contributed by atoms with E-state index in [2.05, 4.69) is 44.8 Å². The Hall–Kier alpha value is -2.47. The highest BCUT2D eigenvalue weighted by atomic mass is 79.9. The van der Waals surface area contributed by atoms with E-state index in [1.165, 1.54) is 0 Å². The second-order valence-electron chi connectivity index (χ2n) is 6.79. The third-order valence-corrected chi connectivity index (χ3v) is 5.67. The van der Waals surface area contributed by atoms with Crippen LogP contribution in [0.4, 0.5) is 0 Å². The first-order valence-electron chi connectivity index (χ1n) is 9.16. The molecule has 6 heteroatoms. The number of nitrogens with one attached hydrogen (secondary N) is 2. The molecule has 3 aromatic carbocycles. The van der Waals surface area contributed by atoms with Gasteiger partial charge in [-0.3, -0.25) is 5.32 Å². The van der Waals surface area contributed by atoms with Gasteiger partial charge in [0.05, 0.1) is 13.2 Å². The van der Waals surface area contributed by atoms with Crippen LogP contribution in [0.15, 0.2) is 77.3 Å². The van der Waals surface area contributed by atoms with Gasteiger partial charge in [0.1, 0.15) is 17.7 Å². The molecule has 0 fully saturated rings. The second kappa shape index (κ2) is 8.49. The van der Waals surface area contributed by atoms with Gasteiger partial charge in [-0.25, -0.2) is 0 Å². The quantitative estimate of drug-likeness (QED) is 0.451. The van der Waals surface area contributed by atoms with Crippen molar-refractivity contribution in [2.24, 2.45) is 0 Å². The Bertz CT molecular complexity index is 1040. The lowest BCUT2D eigenvalue weighted by atomic mass is 9.98. The fraction of sp³-hybridized carbons (Fsp3) is 0.130. The fourth-order valence-corrected chi connectivity index (χ4v) is 3.82. The summed E-state index contributed by atoms with van der Waals surface area (Å²) in [7, 11) is 1.65. The van der Waals surface area contributed by atoms with E-state index in [0.717, 1.165) is 32.6 Å². The molecule has 0 saturated heterocycles. The van der Waals surface area contributed by atoms with Crippen molar-refractivity contribution in [2.45, 2.75) is 12.2 Å². The van der Waals surface area contributed by atoms with Crippen molar-refractivity contribution in [1.82, 2.24) is 10.6 Å². The molecule has 4 rings (SSSR count). The third kappa shape index (κ3) is 4.42. The topological polar surface area (TPSA) is 53.5 Å². The Balaban J connectivity index is 1.75. The minimum atomic E-state index is -0.222. The largest absolute Gasteiger partial charge is 0.508 e. The first kappa shape index (κ1) is 19.8. The lowest BCUT2D eigenvalue weighted by Gasteiger charge is -2.33. The molecule has 0 bridgehead atoms.